The fourth-order valence-electron chi connectivity index (χ4n) is 4.01. The molecule has 0 saturated carbocycles. The Kier molecular flexibility index (Phi) is 6.46. The van der Waals surface area contributed by atoms with Crippen molar-refractivity contribution in [2.45, 2.75) is 41.5 Å². The summed E-state index contributed by atoms with van der Waals surface area (Å²) in [5.74, 6) is 0. The minimum atomic E-state index is 0. The predicted octanol–water partition coefficient (Wildman–Crippen LogP) is 4.33. The third kappa shape index (κ3) is 4.10. The number of halogens is 1. The van der Waals surface area contributed by atoms with Crippen LogP contribution >= 0.6 is 11.6 Å². The molecule has 3 rings (SSSR count). The van der Waals surface area contributed by atoms with Crippen LogP contribution in [0, 0.1) is 47.6 Å². The van der Waals surface area contributed by atoms with Crippen LogP contribution in [-0.4, -0.2) is 0 Å². The van der Waals surface area contributed by atoms with Crippen LogP contribution in [0.4, 0.5) is 0 Å². The van der Waals surface area contributed by atoms with E-state index in [-0.39, 0.29) is 18.9 Å². The quantitative estimate of drug-likeness (QED) is 0.474. The van der Waals surface area contributed by atoms with Gasteiger partial charge in [-0.1, -0.05) is 68.8 Å². The van der Waals surface area contributed by atoms with Gasteiger partial charge in [0.25, 0.3) is 0 Å². The molecule has 128 valence electrons. The Labute approximate surface area is 174 Å². The van der Waals surface area contributed by atoms with Crippen molar-refractivity contribution in [1.29, 1.82) is 0 Å². The van der Waals surface area contributed by atoms with Crippen LogP contribution in [0.25, 0.3) is 22.3 Å². The molecular weight excluding hydrogens is 331 g/mol. The molecule has 0 nitrogen and oxygen atoms in total. The zero-order valence-corrected chi connectivity index (χ0v) is 17.6. The van der Waals surface area contributed by atoms with Gasteiger partial charge in [0.05, 0.1) is 0 Å². The molecule has 0 aromatic heterocycles. The standard InChI is InChI=1S/C24H24Cl.Li/c1-14-7-16(3)23(17(4)8-14)20-11-21(13-22(25)12-20)24-18(5)9-15(2)10-19(24)6;/h7-10,12-13H,1-6H3;/q-1;+1. The van der Waals surface area contributed by atoms with Gasteiger partial charge in [0.15, 0.2) is 0 Å². The molecule has 0 spiro atoms. The van der Waals surface area contributed by atoms with Crippen molar-refractivity contribution in [3.63, 3.8) is 0 Å². The second kappa shape index (κ2) is 8.06. The van der Waals surface area contributed by atoms with Gasteiger partial charge in [0.2, 0.25) is 0 Å². The van der Waals surface area contributed by atoms with Gasteiger partial charge in [-0.3, -0.25) is 0 Å². The maximum atomic E-state index is 6.50. The largest absolute Gasteiger partial charge is 1.00 e. The van der Waals surface area contributed by atoms with Crippen LogP contribution in [0.2, 0.25) is 5.02 Å². The van der Waals surface area contributed by atoms with E-state index in [1.165, 1.54) is 44.5 Å². The van der Waals surface area contributed by atoms with Gasteiger partial charge in [-0.2, -0.15) is 0 Å². The Morgan fingerprint density at radius 1 is 0.577 bits per heavy atom. The first-order valence-corrected chi connectivity index (χ1v) is 9.03. The summed E-state index contributed by atoms with van der Waals surface area (Å²) in [6.45, 7) is 12.9. The van der Waals surface area contributed by atoms with E-state index in [1.807, 2.05) is 12.1 Å². The number of rotatable bonds is 2. The molecule has 3 aromatic carbocycles. The Morgan fingerprint density at radius 2 is 0.885 bits per heavy atom. The maximum Gasteiger partial charge on any atom is 1.00 e. The average molecular weight is 355 g/mol. The van der Waals surface area contributed by atoms with Crippen LogP contribution < -0.4 is 18.9 Å². The molecule has 0 unspecified atom stereocenters. The van der Waals surface area contributed by atoms with Gasteiger partial charge < -0.3 is 0 Å². The fourth-order valence-corrected chi connectivity index (χ4v) is 4.23. The summed E-state index contributed by atoms with van der Waals surface area (Å²) in [5, 5.41) is 0.752. The average Bonchev–Trinajstić information content (AvgIpc) is 2.44. The first-order valence-electron chi connectivity index (χ1n) is 8.65. The summed E-state index contributed by atoms with van der Waals surface area (Å²) in [5.41, 5.74) is 12.2. The Bertz CT molecular complexity index is 848. The van der Waals surface area contributed by atoms with E-state index in [4.69, 9.17) is 11.6 Å². The van der Waals surface area contributed by atoms with Gasteiger partial charge in [0.1, 0.15) is 0 Å². The first-order chi connectivity index (χ1) is 11.8. The summed E-state index contributed by atoms with van der Waals surface area (Å²) < 4.78 is 0. The smallest absolute Gasteiger partial charge is 0.116 e. The predicted molar refractivity (Wildman–Crippen MR) is 110 cm³/mol. The first kappa shape index (κ1) is 20.9. The Morgan fingerprint density at radius 3 is 1.19 bits per heavy atom. The van der Waals surface area contributed by atoms with Gasteiger partial charge >= 0.3 is 18.9 Å². The molecule has 0 N–H and O–H groups in total. The van der Waals surface area contributed by atoms with Crippen molar-refractivity contribution in [3.05, 3.63) is 80.9 Å². The number of benzene rings is 3. The van der Waals surface area contributed by atoms with Crippen LogP contribution in [0.15, 0.2) is 36.4 Å². The van der Waals surface area contributed by atoms with Crippen molar-refractivity contribution >= 4 is 11.6 Å². The zero-order valence-electron chi connectivity index (χ0n) is 16.8. The molecular formula is C24H24ClLi. The molecule has 0 fully saturated rings. The van der Waals surface area contributed by atoms with E-state index in [1.54, 1.807) is 0 Å². The number of hydrogen-bond acceptors (Lipinski definition) is 0. The minimum absolute atomic E-state index is 0. The molecule has 3 aromatic rings. The SMILES string of the molecule is Cc1cc(C)c(-c2[c-]c(-c3c(C)cc(C)cc3C)cc(Cl)c2)c(C)c1.[Li+]. The van der Waals surface area contributed by atoms with E-state index < -0.39 is 0 Å². The van der Waals surface area contributed by atoms with Crippen molar-refractivity contribution in [3.8, 4) is 22.3 Å². The van der Waals surface area contributed by atoms with Crippen LogP contribution in [0.5, 0.6) is 0 Å². The molecule has 0 saturated heterocycles. The molecule has 0 radical (unpaired) electrons. The molecule has 26 heavy (non-hydrogen) atoms. The van der Waals surface area contributed by atoms with E-state index in [0.29, 0.717) is 0 Å². The van der Waals surface area contributed by atoms with Crippen molar-refractivity contribution in [2.24, 2.45) is 0 Å². The monoisotopic (exact) mass is 354 g/mol. The molecule has 0 heterocycles. The number of hydrogen-bond donors (Lipinski definition) is 0. The molecule has 0 atom stereocenters. The van der Waals surface area contributed by atoms with E-state index >= 15 is 0 Å². The molecule has 0 bridgehead atoms. The normalized spacial score (nSPS) is 10.6. The Balaban J connectivity index is 0.00000243. The second-order valence-electron chi connectivity index (χ2n) is 7.17. The third-order valence-corrected chi connectivity index (χ3v) is 4.94. The summed E-state index contributed by atoms with van der Waals surface area (Å²) in [6, 6.07) is 16.6. The van der Waals surface area contributed by atoms with Gasteiger partial charge in [0, 0.05) is 0 Å². The summed E-state index contributed by atoms with van der Waals surface area (Å²) >= 11 is 6.50. The van der Waals surface area contributed by atoms with Gasteiger partial charge in [-0.15, -0.1) is 40.9 Å². The molecule has 0 aliphatic carbocycles. The van der Waals surface area contributed by atoms with Crippen molar-refractivity contribution in [1.82, 2.24) is 0 Å². The molecule has 0 amide bonds. The van der Waals surface area contributed by atoms with Crippen LogP contribution in [0.3, 0.4) is 0 Å². The maximum absolute atomic E-state index is 6.50. The molecule has 0 aliphatic heterocycles. The number of aryl methyl sites for hydroxylation is 6. The third-order valence-electron chi connectivity index (χ3n) is 4.73. The van der Waals surface area contributed by atoms with Crippen molar-refractivity contribution < 1.29 is 18.9 Å². The minimum Gasteiger partial charge on any atom is -0.116 e. The Hall–Kier alpha value is -1.45. The van der Waals surface area contributed by atoms with Gasteiger partial charge in [-0.25, -0.2) is 0 Å². The van der Waals surface area contributed by atoms with Crippen LogP contribution in [0.1, 0.15) is 33.4 Å². The van der Waals surface area contributed by atoms with E-state index in [9.17, 15) is 0 Å². The zero-order chi connectivity index (χ0) is 18.3. The van der Waals surface area contributed by atoms with E-state index in [2.05, 4.69) is 71.9 Å². The summed E-state index contributed by atoms with van der Waals surface area (Å²) in [4.78, 5) is 0. The second-order valence-corrected chi connectivity index (χ2v) is 7.61. The topological polar surface area (TPSA) is 0 Å². The summed E-state index contributed by atoms with van der Waals surface area (Å²) in [7, 11) is 0. The molecule has 0 aliphatic rings. The van der Waals surface area contributed by atoms with Gasteiger partial charge in [-0.05, 0) is 46.6 Å². The molecule has 2 heteroatoms. The van der Waals surface area contributed by atoms with Crippen LogP contribution in [-0.2, 0) is 0 Å². The summed E-state index contributed by atoms with van der Waals surface area (Å²) in [6.07, 6.45) is 0. The van der Waals surface area contributed by atoms with Crippen molar-refractivity contribution in [2.75, 3.05) is 0 Å². The fraction of sp³-hybridized carbons (Fsp3) is 0.250. The van der Waals surface area contributed by atoms with E-state index in [0.717, 1.165) is 16.1 Å².